The van der Waals surface area contributed by atoms with Gasteiger partial charge in [-0.1, -0.05) is 11.6 Å². The zero-order valence-electron chi connectivity index (χ0n) is 10.1. The molecule has 1 saturated heterocycles. The summed E-state index contributed by atoms with van der Waals surface area (Å²) in [4.78, 5) is 4.24. The normalized spacial score (nSPS) is 15.4. The number of benzene rings is 1. The van der Waals surface area contributed by atoms with Gasteiger partial charge in [-0.25, -0.2) is 4.98 Å². The van der Waals surface area contributed by atoms with Crippen molar-refractivity contribution in [3.63, 3.8) is 0 Å². The van der Waals surface area contributed by atoms with Crippen LogP contribution in [-0.4, -0.2) is 29.8 Å². The van der Waals surface area contributed by atoms with Gasteiger partial charge in [0.2, 0.25) is 0 Å². The van der Waals surface area contributed by atoms with E-state index in [9.17, 15) is 0 Å². The van der Waals surface area contributed by atoms with E-state index in [0.29, 0.717) is 10.9 Å². The molecule has 0 bridgehead atoms. The Morgan fingerprint density at radius 1 is 1.44 bits per heavy atom. The lowest BCUT2D eigenvalue weighted by molar-refractivity contribution is 0.408. The first-order valence-corrected chi connectivity index (χ1v) is 6.24. The number of halogens is 1. The quantitative estimate of drug-likeness (QED) is 0.923. The van der Waals surface area contributed by atoms with Gasteiger partial charge in [0, 0.05) is 35.9 Å². The molecule has 1 aromatic carbocycles. The molecule has 0 aliphatic carbocycles. The lowest BCUT2D eigenvalue weighted by atomic mass is 10.00. The molecule has 18 heavy (non-hydrogen) atoms. The fourth-order valence-electron chi connectivity index (χ4n) is 2.16. The molecule has 3 rings (SSSR count). The number of nitrogens with zero attached hydrogens (tertiary/aromatic N) is 2. The van der Waals surface area contributed by atoms with Crippen LogP contribution in [0.3, 0.4) is 0 Å². The number of aromatic nitrogens is 2. The fraction of sp³-hybridized carbons (Fsp3) is 0.308. The minimum absolute atomic E-state index is 0.510. The number of hydrogen-bond acceptors (Lipinski definition) is 3. The second-order valence-electron chi connectivity index (χ2n) is 4.36. The van der Waals surface area contributed by atoms with E-state index in [1.807, 2.05) is 30.7 Å². The molecule has 0 atom stereocenters. The van der Waals surface area contributed by atoms with E-state index >= 15 is 0 Å². The van der Waals surface area contributed by atoms with Gasteiger partial charge in [0.05, 0.1) is 19.1 Å². The maximum absolute atomic E-state index is 6.07. The third-order valence-corrected chi connectivity index (χ3v) is 3.50. The van der Waals surface area contributed by atoms with Crippen molar-refractivity contribution >= 4 is 11.6 Å². The van der Waals surface area contributed by atoms with E-state index in [0.717, 1.165) is 24.5 Å². The van der Waals surface area contributed by atoms with Crippen LogP contribution in [0.5, 0.6) is 5.75 Å². The Hall–Kier alpha value is -1.52. The largest absolute Gasteiger partial charge is 0.495 e. The molecule has 1 aliphatic rings. The van der Waals surface area contributed by atoms with Gasteiger partial charge in [-0.15, -0.1) is 0 Å². The minimum atomic E-state index is 0.510. The Labute approximate surface area is 111 Å². The number of imidazole rings is 1. The van der Waals surface area contributed by atoms with Crippen molar-refractivity contribution in [2.75, 3.05) is 20.2 Å². The molecular weight excluding hydrogens is 250 g/mol. The van der Waals surface area contributed by atoms with Crippen LogP contribution in [0.15, 0.2) is 30.7 Å². The molecule has 94 valence electrons. The van der Waals surface area contributed by atoms with E-state index in [2.05, 4.69) is 14.9 Å². The summed E-state index contributed by atoms with van der Waals surface area (Å²) in [6, 6.07) is 5.60. The van der Waals surface area contributed by atoms with Crippen molar-refractivity contribution in [1.82, 2.24) is 14.9 Å². The summed E-state index contributed by atoms with van der Waals surface area (Å²) in [5, 5.41) is 3.96. The van der Waals surface area contributed by atoms with Gasteiger partial charge in [-0.3, -0.25) is 4.57 Å². The summed E-state index contributed by atoms with van der Waals surface area (Å²) in [5.74, 6) is 1.31. The van der Waals surface area contributed by atoms with Gasteiger partial charge in [0.15, 0.2) is 0 Å². The molecule has 1 aromatic heterocycles. The van der Waals surface area contributed by atoms with Crippen molar-refractivity contribution in [1.29, 1.82) is 0 Å². The summed E-state index contributed by atoms with van der Waals surface area (Å²) in [6.45, 7) is 1.99. The molecule has 4 nitrogen and oxygen atoms in total. The monoisotopic (exact) mass is 263 g/mol. The second kappa shape index (κ2) is 4.63. The predicted molar refractivity (Wildman–Crippen MR) is 70.7 cm³/mol. The van der Waals surface area contributed by atoms with Crippen molar-refractivity contribution in [2.45, 2.75) is 5.92 Å². The molecule has 0 radical (unpaired) electrons. The molecule has 0 unspecified atom stereocenters. The summed E-state index contributed by atoms with van der Waals surface area (Å²) in [6.07, 6.45) is 3.72. The first-order chi connectivity index (χ1) is 8.79. The average Bonchev–Trinajstić information content (AvgIpc) is 2.75. The number of hydrogen-bond donors (Lipinski definition) is 1. The molecule has 1 aliphatic heterocycles. The summed E-state index contributed by atoms with van der Waals surface area (Å²) in [5.41, 5.74) is 2.12. The average molecular weight is 264 g/mol. The smallest absolute Gasteiger partial charge is 0.142 e. The topological polar surface area (TPSA) is 39.1 Å². The SMILES string of the molecule is COc1ccc(Cl)cc1-n1cncc1C1CNC1. The molecule has 0 amide bonds. The van der Waals surface area contributed by atoms with Gasteiger partial charge in [-0.2, -0.15) is 0 Å². The van der Waals surface area contributed by atoms with Crippen molar-refractivity contribution < 1.29 is 4.74 Å². The molecule has 0 saturated carbocycles. The highest BCUT2D eigenvalue weighted by Gasteiger charge is 2.23. The third-order valence-electron chi connectivity index (χ3n) is 3.27. The van der Waals surface area contributed by atoms with E-state index in [1.54, 1.807) is 7.11 Å². The van der Waals surface area contributed by atoms with E-state index < -0.39 is 0 Å². The second-order valence-corrected chi connectivity index (χ2v) is 4.80. The number of rotatable bonds is 3. The molecule has 0 spiro atoms. The Kier molecular flexibility index (Phi) is 2.97. The predicted octanol–water partition coefficient (Wildman–Crippen LogP) is 2.22. The summed E-state index contributed by atoms with van der Waals surface area (Å²) < 4.78 is 7.44. The summed E-state index contributed by atoms with van der Waals surface area (Å²) >= 11 is 6.07. The van der Waals surface area contributed by atoms with Gasteiger partial charge >= 0.3 is 0 Å². The Bertz CT molecular complexity index is 563. The molecule has 1 N–H and O–H groups in total. The van der Waals surface area contributed by atoms with Gasteiger partial charge in [0.25, 0.3) is 0 Å². The van der Waals surface area contributed by atoms with Crippen LogP contribution in [0, 0.1) is 0 Å². The maximum atomic E-state index is 6.07. The third kappa shape index (κ3) is 1.87. The number of methoxy groups -OCH3 is 1. The van der Waals surface area contributed by atoms with Gasteiger partial charge < -0.3 is 10.1 Å². The van der Waals surface area contributed by atoms with Crippen molar-refractivity contribution in [3.05, 3.63) is 41.4 Å². The van der Waals surface area contributed by atoms with Crippen molar-refractivity contribution in [3.8, 4) is 11.4 Å². The van der Waals surface area contributed by atoms with Crippen LogP contribution in [0.1, 0.15) is 11.6 Å². The Balaban J connectivity index is 2.08. The minimum Gasteiger partial charge on any atom is -0.495 e. The van der Waals surface area contributed by atoms with Crippen LogP contribution in [0.25, 0.3) is 5.69 Å². The number of ether oxygens (including phenoxy) is 1. The molecule has 2 heterocycles. The molecular formula is C13H14ClN3O. The lowest BCUT2D eigenvalue weighted by Gasteiger charge is -2.28. The van der Waals surface area contributed by atoms with Crippen LogP contribution in [-0.2, 0) is 0 Å². The molecule has 5 heteroatoms. The van der Waals surface area contributed by atoms with Crippen LogP contribution < -0.4 is 10.1 Å². The van der Waals surface area contributed by atoms with Gasteiger partial charge in [0.1, 0.15) is 5.75 Å². The van der Waals surface area contributed by atoms with Crippen molar-refractivity contribution in [2.24, 2.45) is 0 Å². The molecule has 1 fully saturated rings. The zero-order valence-corrected chi connectivity index (χ0v) is 10.8. The summed E-state index contributed by atoms with van der Waals surface area (Å²) in [7, 11) is 1.66. The lowest BCUT2D eigenvalue weighted by Crippen LogP contribution is -2.40. The Morgan fingerprint density at radius 3 is 2.94 bits per heavy atom. The first kappa shape index (κ1) is 11.6. The van der Waals surface area contributed by atoms with Gasteiger partial charge in [-0.05, 0) is 18.2 Å². The fourth-order valence-corrected chi connectivity index (χ4v) is 2.32. The Morgan fingerprint density at radius 2 is 2.28 bits per heavy atom. The maximum Gasteiger partial charge on any atom is 0.142 e. The van der Waals surface area contributed by atoms with E-state index in [-0.39, 0.29) is 0 Å². The van der Waals surface area contributed by atoms with Crippen LogP contribution >= 0.6 is 11.6 Å². The molecule has 2 aromatic rings. The first-order valence-electron chi connectivity index (χ1n) is 5.86. The standard InChI is InChI=1S/C13H14ClN3O/c1-18-13-3-2-10(14)4-11(13)17-8-16-7-12(17)9-5-15-6-9/h2-4,7-9,15H,5-6H2,1H3. The van der Waals surface area contributed by atoms with Crippen LogP contribution in [0.4, 0.5) is 0 Å². The highest BCUT2D eigenvalue weighted by atomic mass is 35.5. The highest BCUT2D eigenvalue weighted by Crippen LogP contribution is 2.30. The zero-order chi connectivity index (χ0) is 12.5. The van der Waals surface area contributed by atoms with E-state index in [4.69, 9.17) is 16.3 Å². The van der Waals surface area contributed by atoms with E-state index in [1.165, 1.54) is 5.69 Å². The van der Waals surface area contributed by atoms with Crippen LogP contribution in [0.2, 0.25) is 5.02 Å². The highest BCUT2D eigenvalue weighted by molar-refractivity contribution is 6.30. The number of nitrogens with one attached hydrogen (secondary N) is 1.